The van der Waals surface area contributed by atoms with Gasteiger partial charge in [0.1, 0.15) is 0 Å². The first-order valence-corrected chi connectivity index (χ1v) is 7.08. The summed E-state index contributed by atoms with van der Waals surface area (Å²) in [5.74, 6) is 0.213. The lowest BCUT2D eigenvalue weighted by molar-refractivity contribution is -0.131. The van der Waals surface area contributed by atoms with Crippen LogP contribution in [-0.4, -0.2) is 24.4 Å². The molecule has 19 heavy (non-hydrogen) atoms. The van der Waals surface area contributed by atoms with E-state index in [4.69, 9.17) is 5.73 Å². The number of nitrogens with two attached hydrogens (primary N) is 1. The number of carbonyl (C=O) groups excluding carboxylic acids is 1. The van der Waals surface area contributed by atoms with E-state index in [1.54, 1.807) is 0 Å². The molecule has 1 amide bonds. The van der Waals surface area contributed by atoms with Crippen molar-refractivity contribution in [1.82, 2.24) is 4.90 Å². The molecule has 1 rings (SSSR count). The van der Waals surface area contributed by atoms with Crippen LogP contribution in [0.15, 0.2) is 24.3 Å². The molecule has 0 fully saturated rings. The van der Waals surface area contributed by atoms with E-state index in [9.17, 15) is 4.79 Å². The van der Waals surface area contributed by atoms with Crippen molar-refractivity contribution in [3.05, 3.63) is 35.4 Å². The smallest absolute Gasteiger partial charge is 0.222 e. The zero-order valence-corrected chi connectivity index (χ0v) is 12.4. The van der Waals surface area contributed by atoms with Gasteiger partial charge in [0.25, 0.3) is 0 Å². The summed E-state index contributed by atoms with van der Waals surface area (Å²) in [5.41, 5.74) is 7.87. The number of aryl methyl sites for hydroxylation is 1. The van der Waals surface area contributed by atoms with Crippen molar-refractivity contribution < 1.29 is 4.79 Å². The predicted molar refractivity (Wildman–Crippen MR) is 79.9 cm³/mol. The third-order valence-corrected chi connectivity index (χ3v) is 3.63. The Balaban J connectivity index is 2.49. The molecular formula is C16H26N2O. The monoisotopic (exact) mass is 262 g/mol. The topological polar surface area (TPSA) is 46.3 Å². The summed E-state index contributed by atoms with van der Waals surface area (Å²) in [5, 5.41) is 0. The minimum Gasteiger partial charge on any atom is -0.339 e. The van der Waals surface area contributed by atoms with Crippen LogP contribution in [0, 0.1) is 6.92 Å². The maximum Gasteiger partial charge on any atom is 0.222 e. The molecule has 106 valence electrons. The standard InChI is InChI=1S/C16H26N2O/c1-13-8-10-15(11-9-13)14(2)18(3)16(19)7-5-4-6-12-17/h8-11,14H,4-7,12,17H2,1-3H3. The summed E-state index contributed by atoms with van der Waals surface area (Å²) in [6.07, 6.45) is 3.59. The number of hydrogen-bond acceptors (Lipinski definition) is 2. The Labute approximate surface area is 116 Å². The van der Waals surface area contributed by atoms with E-state index in [1.807, 2.05) is 11.9 Å². The van der Waals surface area contributed by atoms with Crippen LogP contribution in [0.4, 0.5) is 0 Å². The Morgan fingerprint density at radius 3 is 2.42 bits per heavy atom. The normalized spacial score (nSPS) is 12.2. The van der Waals surface area contributed by atoms with Crippen molar-refractivity contribution in [2.45, 2.75) is 45.6 Å². The summed E-state index contributed by atoms with van der Waals surface area (Å²) in [6.45, 7) is 4.85. The van der Waals surface area contributed by atoms with Crippen LogP contribution in [0.3, 0.4) is 0 Å². The fourth-order valence-electron chi connectivity index (χ4n) is 2.06. The second-order valence-electron chi connectivity index (χ2n) is 5.19. The molecule has 0 heterocycles. The van der Waals surface area contributed by atoms with E-state index < -0.39 is 0 Å². The molecule has 0 aliphatic rings. The number of benzene rings is 1. The Kier molecular flexibility index (Phi) is 6.57. The maximum atomic E-state index is 12.1. The fourth-order valence-corrected chi connectivity index (χ4v) is 2.06. The second-order valence-corrected chi connectivity index (χ2v) is 5.19. The zero-order chi connectivity index (χ0) is 14.3. The van der Waals surface area contributed by atoms with Crippen LogP contribution in [0.5, 0.6) is 0 Å². The number of nitrogens with zero attached hydrogens (tertiary/aromatic N) is 1. The summed E-state index contributed by atoms with van der Waals surface area (Å²) in [6, 6.07) is 8.50. The van der Waals surface area contributed by atoms with Gasteiger partial charge in [-0.3, -0.25) is 4.79 Å². The van der Waals surface area contributed by atoms with Crippen LogP contribution >= 0.6 is 0 Å². The van der Waals surface area contributed by atoms with Gasteiger partial charge in [0.05, 0.1) is 6.04 Å². The lowest BCUT2D eigenvalue weighted by Crippen LogP contribution is -2.29. The molecule has 0 saturated heterocycles. The summed E-state index contributed by atoms with van der Waals surface area (Å²) >= 11 is 0. The van der Waals surface area contributed by atoms with Crippen molar-refractivity contribution in [2.75, 3.05) is 13.6 Å². The molecule has 1 aromatic rings. The third kappa shape index (κ3) is 5.03. The minimum absolute atomic E-state index is 0.127. The average molecular weight is 262 g/mol. The molecule has 0 aromatic heterocycles. The van der Waals surface area contributed by atoms with Gasteiger partial charge >= 0.3 is 0 Å². The van der Waals surface area contributed by atoms with Crippen molar-refractivity contribution in [3.8, 4) is 0 Å². The number of amides is 1. The molecule has 3 nitrogen and oxygen atoms in total. The van der Waals surface area contributed by atoms with Crippen molar-refractivity contribution >= 4 is 5.91 Å². The van der Waals surface area contributed by atoms with Crippen molar-refractivity contribution in [1.29, 1.82) is 0 Å². The van der Waals surface area contributed by atoms with E-state index in [0.717, 1.165) is 19.3 Å². The van der Waals surface area contributed by atoms with E-state index in [0.29, 0.717) is 13.0 Å². The molecule has 0 aliphatic carbocycles. The Morgan fingerprint density at radius 1 is 1.21 bits per heavy atom. The molecule has 0 radical (unpaired) electrons. The van der Waals surface area contributed by atoms with E-state index in [1.165, 1.54) is 11.1 Å². The largest absolute Gasteiger partial charge is 0.339 e. The van der Waals surface area contributed by atoms with Crippen LogP contribution < -0.4 is 5.73 Å². The average Bonchev–Trinajstić information content (AvgIpc) is 2.42. The molecule has 2 N–H and O–H groups in total. The van der Waals surface area contributed by atoms with Gasteiger partial charge in [-0.1, -0.05) is 36.2 Å². The Bertz CT molecular complexity index is 386. The molecule has 1 atom stereocenters. The van der Waals surface area contributed by atoms with Crippen LogP contribution in [0.25, 0.3) is 0 Å². The van der Waals surface area contributed by atoms with Gasteiger partial charge < -0.3 is 10.6 Å². The van der Waals surface area contributed by atoms with Crippen LogP contribution in [0.1, 0.15) is 49.8 Å². The lowest BCUT2D eigenvalue weighted by atomic mass is 10.0. The molecule has 3 heteroatoms. The Morgan fingerprint density at radius 2 is 1.84 bits per heavy atom. The minimum atomic E-state index is 0.127. The molecule has 0 spiro atoms. The number of unbranched alkanes of at least 4 members (excludes halogenated alkanes) is 2. The van der Waals surface area contributed by atoms with Crippen LogP contribution in [-0.2, 0) is 4.79 Å². The van der Waals surface area contributed by atoms with E-state index in [2.05, 4.69) is 38.1 Å². The fraction of sp³-hybridized carbons (Fsp3) is 0.562. The predicted octanol–water partition coefficient (Wildman–Crippen LogP) is 3.03. The maximum absolute atomic E-state index is 12.1. The second kappa shape index (κ2) is 7.95. The number of rotatable bonds is 7. The van der Waals surface area contributed by atoms with Gasteiger partial charge in [0.2, 0.25) is 5.91 Å². The first-order chi connectivity index (χ1) is 9.06. The first-order valence-electron chi connectivity index (χ1n) is 7.08. The highest BCUT2D eigenvalue weighted by Crippen LogP contribution is 2.20. The quantitative estimate of drug-likeness (QED) is 0.768. The summed E-state index contributed by atoms with van der Waals surface area (Å²) in [4.78, 5) is 13.9. The van der Waals surface area contributed by atoms with Gasteiger partial charge in [-0.05, 0) is 38.8 Å². The van der Waals surface area contributed by atoms with Gasteiger partial charge in [0, 0.05) is 13.5 Å². The summed E-state index contributed by atoms with van der Waals surface area (Å²) < 4.78 is 0. The van der Waals surface area contributed by atoms with Gasteiger partial charge in [-0.15, -0.1) is 0 Å². The highest BCUT2D eigenvalue weighted by molar-refractivity contribution is 5.76. The zero-order valence-electron chi connectivity index (χ0n) is 12.4. The van der Waals surface area contributed by atoms with E-state index >= 15 is 0 Å². The van der Waals surface area contributed by atoms with Gasteiger partial charge in [0.15, 0.2) is 0 Å². The highest BCUT2D eigenvalue weighted by atomic mass is 16.2. The summed E-state index contributed by atoms with van der Waals surface area (Å²) in [7, 11) is 1.88. The molecular weight excluding hydrogens is 236 g/mol. The van der Waals surface area contributed by atoms with Gasteiger partial charge in [-0.2, -0.15) is 0 Å². The highest BCUT2D eigenvalue weighted by Gasteiger charge is 2.16. The molecule has 1 unspecified atom stereocenters. The first kappa shape index (κ1) is 15.7. The van der Waals surface area contributed by atoms with Crippen molar-refractivity contribution in [3.63, 3.8) is 0 Å². The molecule has 1 aromatic carbocycles. The Hall–Kier alpha value is -1.35. The lowest BCUT2D eigenvalue weighted by Gasteiger charge is -2.25. The van der Waals surface area contributed by atoms with Crippen LogP contribution in [0.2, 0.25) is 0 Å². The molecule has 0 aliphatic heterocycles. The SMILES string of the molecule is Cc1ccc(C(C)N(C)C(=O)CCCCCN)cc1. The van der Waals surface area contributed by atoms with E-state index in [-0.39, 0.29) is 11.9 Å². The third-order valence-electron chi connectivity index (χ3n) is 3.63. The number of carbonyl (C=O) groups is 1. The number of hydrogen-bond donors (Lipinski definition) is 1. The molecule has 0 saturated carbocycles. The molecule has 0 bridgehead atoms. The van der Waals surface area contributed by atoms with Gasteiger partial charge in [-0.25, -0.2) is 0 Å². The van der Waals surface area contributed by atoms with Crippen molar-refractivity contribution in [2.24, 2.45) is 5.73 Å².